The lowest BCUT2D eigenvalue weighted by Crippen LogP contribution is -2.34. The lowest BCUT2D eigenvalue weighted by Gasteiger charge is -2.23. The zero-order valence-electron chi connectivity index (χ0n) is 13.2. The second kappa shape index (κ2) is 9.75. The predicted octanol–water partition coefficient (Wildman–Crippen LogP) is 1.26. The third-order valence-electron chi connectivity index (χ3n) is 2.74. The minimum Gasteiger partial charge on any atom is -0.481 e. The summed E-state index contributed by atoms with van der Waals surface area (Å²) < 4.78 is 14.6. The van der Waals surface area contributed by atoms with Crippen molar-refractivity contribution in [3.05, 3.63) is 0 Å². The van der Waals surface area contributed by atoms with E-state index in [4.69, 9.17) is 19.3 Å². The summed E-state index contributed by atoms with van der Waals surface area (Å²) in [6, 6.07) is 0. The molecule has 0 amide bonds. The van der Waals surface area contributed by atoms with Crippen LogP contribution in [0, 0.1) is 5.92 Å². The van der Waals surface area contributed by atoms with Crippen molar-refractivity contribution in [1.82, 2.24) is 0 Å². The molecule has 0 saturated carbocycles. The van der Waals surface area contributed by atoms with Crippen LogP contribution in [0.4, 0.5) is 0 Å². The largest absolute Gasteiger partial charge is 0.481 e. The van der Waals surface area contributed by atoms with Gasteiger partial charge in [0.15, 0.2) is 0 Å². The molecule has 0 rings (SSSR count). The number of carboxylic acid groups (broad SMARTS) is 1. The molecule has 126 valence electrons. The van der Waals surface area contributed by atoms with Gasteiger partial charge < -0.3 is 19.3 Å². The second-order valence-electron chi connectivity index (χ2n) is 4.82. The molecule has 8 nitrogen and oxygen atoms in total. The number of hydrogen-bond acceptors (Lipinski definition) is 7. The minimum atomic E-state index is -1.07. The topological polar surface area (TPSA) is 116 Å². The molecule has 0 radical (unpaired) electrons. The van der Waals surface area contributed by atoms with Crippen LogP contribution in [0.25, 0.3) is 0 Å². The highest BCUT2D eigenvalue weighted by Crippen LogP contribution is 2.19. The van der Waals surface area contributed by atoms with Crippen molar-refractivity contribution in [1.29, 1.82) is 0 Å². The average molecular weight is 318 g/mol. The SMILES string of the molecule is CC(=O)OC(C)OC(=O)C(CCCC(=O)O)C(C)OC(C)=O. The molecule has 8 heteroatoms. The fraction of sp³-hybridized carbons (Fsp3) is 0.714. The Balaban J connectivity index is 4.72. The number of esters is 3. The van der Waals surface area contributed by atoms with E-state index in [2.05, 4.69) is 0 Å². The summed E-state index contributed by atoms with van der Waals surface area (Å²) in [7, 11) is 0. The predicted molar refractivity (Wildman–Crippen MR) is 73.5 cm³/mol. The summed E-state index contributed by atoms with van der Waals surface area (Å²) in [5.74, 6) is -3.69. The van der Waals surface area contributed by atoms with Crippen LogP contribution in [0.1, 0.15) is 47.0 Å². The lowest BCUT2D eigenvalue weighted by molar-refractivity contribution is -0.189. The Morgan fingerprint density at radius 3 is 1.95 bits per heavy atom. The van der Waals surface area contributed by atoms with E-state index in [-0.39, 0.29) is 19.3 Å². The van der Waals surface area contributed by atoms with Crippen molar-refractivity contribution in [3.63, 3.8) is 0 Å². The molecular weight excluding hydrogens is 296 g/mol. The number of ether oxygens (including phenoxy) is 3. The maximum Gasteiger partial charge on any atom is 0.315 e. The second-order valence-corrected chi connectivity index (χ2v) is 4.82. The number of hydrogen-bond donors (Lipinski definition) is 1. The Morgan fingerprint density at radius 1 is 0.955 bits per heavy atom. The summed E-state index contributed by atoms with van der Waals surface area (Å²) in [5, 5.41) is 8.63. The van der Waals surface area contributed by atoms with Gasteiger partial charge in [0.2, 0.25) is 6.29 Å². The highest BCUT2D eigenvalue weighted by molar-refractivity contribution is 5.74. The number of carbonyl (C=O) groups excluding carboxylic acids is 3. The summed E-state index contributed by atoms with van der Waals surface area (Å²) in [5.41, 5.74) is 0. The molecule has 0 bridgehead atoms. The molecule has 0 fully saturated rings. The first-order valence-electron chi connectivity index (χ1n) is 6.90. The quantitative estimate of drug-likeness (QED) is 0.499. The average Bonchev–Trinajstić information content (AvgIpc) is 2.31. The van der Waals surface area contributed by atoms with Gasteiger partial charge in [-0.3, -0.25) is 19.2 Å². The smallest absolute Gasteiger partial charge is 0.315 e. The van der Waals surface area contributed by atoms with E-state index in [9.17, 15) is 19.2 Å². The van der Waals surface area contributed by atoms with Crippen LogP contribution >= 0.6 is 0 Å². The molecule has 3 unspecified atom stereocenters. The normalized spacial score (nSPS) is 14.4. The highest BCUT2D eigenvalue weighted by Gasteiger charge is 2.30. The maximum absolute atomic E-state index is 12.1. The number of carbonyl (C=O) groups is 4. The van der Waals surface area contributed by atoms with Gasteiger partial charge in [-0.15, -0.1) is 0 Å². The van der Waals surface area contributed by atoms with Gasteiger partial charge in [0.1, 0.15) is 6.10 Å². The van der Waals surface area contributed by atoms with Gasteiger partial charge in [-0.25, -0.2) is 0 Å². The third kappa shape index (κ3) is 8.93. The zero-order valence-corrected chi connectivity index (χ0v) is 13.2. The van der Waals surface area contributed by atoms with E-state index in [1.54, 1.807) is 0 Å². The van der Waals surface area contributed by atoms with E-state index in [0.29, 0.717) is 0 Å². The molecule has 0 aromatic rings. The number of aliphatic carboxylic acids is 1. The van der Waals surface area contributed by atoms with Gasteiger partial charge >= 0.3 is 23.9 Å². The van der Waals surface area contributed by atoms with E-state index in [1.807, 2.05) is 0 Å². The van der Waals surface area contributed by atoms with E-state index < -0.39 is 42.2 Å². The molecule has 0 aromatic carbocycles. The molecule has 22 heavy (non-hydrogen) atoms. The fourth-order valence-corrected chi connectivity index (χ4v) is 1.87. The molecule has 3 atom stereocenters. The monoisotopic (exact) mass is 318 g/mol. The molecular formula is C14H22O8. The van der Waals surface area contributed by atoms with Crippen molar-refractivity contribution in [3.8, 4) is 0 Å². The van der Waals surface area contributed by atoms with Crippen LogP contribution in [0.15, 0.2) is 0 Å². The Hall–Kier alpha value is -2.12. The van der Waals surface area contributed by atoms with Crippen LogP contribution in [0.5, 0.6) is 0 Å². The van der Waals surface area contributed by atoms with Crippen LogP contribution in [-0.4, -0.2) is 41.4 Å². The number of carboxylic acids is 1. The van der Waals surface area contributed by atoms with Crippen LogP contribution in [0.3, 0.4) is 0 Å². The Labute approximate surface area is 128 Å². The Bertz CT molecular complexity index is 417. The summed E-state index contributed by atoms with van der Waals surface area (Å²) in [6.07, 6.45) is -1.56. The van der Waals surface area contributed by atoms with E-state index in [0.717, 1.165) is 0 Å². The van der Waals surface area contributed by atoms with Gasteiger partial charge in [-0.2, -0.15) is 0 Å². The van der Waals surface area contributed by atoms with Crippen LogP contribution < -0.4 is 0 Å². The molecule has 0 aliphatic heterocycles. The third-order valence-corrected chi connectivity index (χ3v) is 2.74. The van der Waals surface area contributed by atoms with Crippen molar-refractivity contribution in [2.75, 3.05) is 0 Å². The fourth-order valence-electron chi connectivity index (χ4n) is 1.87. The van der Waals surface area contributed by atoms with Crippen molar-refractivity contribution in [2.24, 2.45) is 5.92 Å². The summed E-state index contributed by atoms with van der Waals surface area (Å²) >= 11 is 0. The Morgan fingerprint density at radius 2 is 1.50 bits per heavy atom. The van der Waals surface area contributed by atoms with Crippen molar-refractivity contribution in [2.45, 2.75) is 59.4 Å². The first-order valence-corrected chi connectivity index (χ1v) is 6.90. The first kappa shape index (κ1) is 19.9. The van der Waals surface area contributed by atoms with Crippen molar-refractivity contribution < 1.29 is 38.5 Å². The number of rotatable bonds is 9. The van der Waals surface area contributed by atoms with Gasteiger partial charge in [0, 0.05) is 27.2 Å². The van der Waals surface area contributed by atoms with Gasteiger partial charge in [0.25, 0.3) is 0 Å². The molecule has 1 N–H and O–H groups in total. The molecule has 0 spiro atoms. The lowest BCUT2D eigenvalue weighted by atomic mass is 9.96. The summed E-state index contributed by atoms with van der Waals surface area (Å²) in [6.45, 7) is 5.28. The molecule has 0 aliphatic carbocycles. The summed E-state index contributed by atoms with van der Waals surface area (Å²) in [4.78, 5) is 44.4. The maximum atomic E-state index is 12.1. The molecule has 0 saturated heterocycles. The van der Waals surface area contributed by atoms with Gasteiger partial charge in [-0.1, -0.05) is 0 Å². The van der Waals surface area contributed by atoms with Crippen LogP contribution in [-0.2, 0) is 33.4 Å². The molecule has 0 aromatic heterocycles. The molecule has 0 heterocycles. The first-order chi connectivity index (χ1) is 10.1. The highest BCUT2D eigenvalue weighted by atomic mass is 16.7. The van der Waals surface area contributed by atoms with Crippen LogP contribution in [0.2, 0.25) is 0 Å². The minimum absolute atomic E-state index is 0.115. The zero-order chi connectivity index (χ0) is 17.3. The van der Waals surface area contributed by atoms with E-state index in [1.165, 1.54) is 27.7 Å². The van der Waals surface area contributed by atoms with Gasteiger partial charge in [0.05, 0.1) is 5.92 Å². The van der Waals surface area contributed by atoms with Gasteiger partial charge in [-0.05, 0) is 19.8 Å². The van der Waals surface area contributed by atoms with Crippen molar-refractivity contribution >= 4 is 23.9 Å². The van der Waals surface area contributed by atoms with E-state index >= 15 is 0 Å². The Kier molecular flexibility index (Phi) is 8.81. The standard InChI is InChI=1S/C14H22O8/c1-8(20-9(2)15)12(6-5-7-13(17)18)14(19)22-11(4)21-10(3)16/h8,11-12H,5-7H2,1-4H3,(H,17,18). The molecule has 0 aliphatic rings.